The monoisotopic (exact) mass is 390 g/mol. The van der Waals surface area contributed by atoms with Crippen LogP contribution in [0.3, 0.4) is 0 Å². The normalized spacial score (nSPS) is 17.4. The molecule has 1 unspecified atom stereocenters. The predicted molar refractivity (Wildman–Crippen MR) is 112 cm³/mol. The number of guanidine groups is 1. The molecule has 1 aromatic rings. The Kier molecular flexibility index (Phi) is 7.96. The van der Waals surface area contributed by atoms with E-state index >= 15 is 0 Å². The van der Waals surface area contributed by atoms with Gasteiger partial charge >= 0.3 is 6.09 Å². The largest absolute Gasteiger partial charge is 0.497 e. The second kappa shape index (κ2) is 10.2. The van der Waals surface area contributed by atoms with Gasteiger partial charge in [0.1, 0.15) is 11.4 Å². The molecule has 1 heterocycles. The number of rotatable bonds is 6. The molecule has 0 radical (unpaired) electrons. The molecule has 2 N–H and O–H groups in total. The molecule has 1 atom stereocenters. The van der Waals surface area contributed by atoms with E-state index in [2.05, 4.69) is 32.7 Å². The lowest BCUT2D eigenvalue weighted by Gasteiger charge is -2.23. The van der Waals surface area contributed by atoms with E-state index in [4.69, 9.17) is 9.47 Å². The molecule has 7 heteroatoms. The molecule has 1 fully saturated rings. The number of carbonyl (C=O) groups excluding carboxylic acids is 1. The topological polar surface area (TPSA) is 75.2 Å². The number of methoxy groups -OCH3 is 1. The molecule has 1 aliphatic heterocycles. The molecule has 0 spiro atoms. The number of alkyl carbamates (subject to hydrolysis) is 1. The first-order valence-electron chi connectivity index (χ1n) is 9.89. The molecule has 28 heavy (non-hydrogen) atoms. The molecule has 1 aliphatic rings. The molecule has 0 aromatic heterocycles. The number of carbonyl (C=O) groups is 1. The summed E-state index contributed by atoms with van der Waals surface area (Å²) in [7, 11) is 3.48. The van der Waals surface area contributed by atoms with E-state index in [0.717, 1.165) is 50.6 Å². The fraction of sp³-hybridized carbons (Fsp3) is 0.619. The third kappa shape index (κ3) is 7.29. The third-order valence-corrected chi connectivity index (χ3v) is 4.48. The zero-order valence-corrected chi connectivity index (χ0v) is 17.7. The number of ether oxygens (including phenoxy) is 2. The van der Waals surface area contributed by atoms with Gasteiger partial charge in [0.2, 0.25) is 0 Å². The molecular formula is C21H34N4O3. The summed E-state index contributed by atoms with van der Waals surface area (Å²) in [5.74, 6) is 1.76. The number of hydrogen-bond donors (Lipinski definition) is 2. The van der Waals surface area contributed by atoms with E-state index < -0.39 is 5.60 Å². The average molecular weight is 391 g/mol. The van der Waals surface area contributed by atoms with Gasteiger partial charge in [0.15, 0.2) is 5.96 Å². The standard InChI is InChI=1S/C21H34N4O3/c1-21(2,3)28-20(26)24-17-11-13-25(15-17)19(22-4)23-12-7-9-16-8-6-10-18(14-16)27-5/h6,8,10,14,17H,7,9,11-13,15H2,1-5H3,(H,22,23)(H,24,26). The Morgan fingerprint density at radius 2 is 2.14 bits per heavy atom. The van der Waals surface area contributed by atoms with Crippen LogP contribution < -0.4 is 15.4 Å². The van der Waals surface area contributed by atoms with Crippen molar-refractivity contribution in [2.45, 2.75) is 51.7 Å². The Balaban J connectivity index is 1.72. The lowest BCUT2D eigenvalue weighted by Crippen LogP contribution is -2.44. The fourth-order valence-electron chi connectivity index (χ4n) is 3.20. The van der Waals surface area contributed by atoms with E-state index in [1.54, 1.807) is 14.2 Å². The second-order valence-electron chi connectivity index (χ2n) is 8.01. The van der Waals surface area contributed by atoms with Gasteiger partial charge in [0.25, 0.3) is 0 Å². The minimum Gasteiger partial charge on any atom is -0.497 e. The van der Waals surface area contributed by atoms with Crippen LogP contribution in [-0.2, 0) is 11.2 Å². The molecular weight excluding hydrogens is 356 g/mol. The van der Waals surface area contributed by atoms with Crippen molar-refractivity contribution in [1.82, 2.24) is 15.5 Å². The summed E-state index contributed by atoms with van der Waals surface area (Å²) < 4.78 is 10.6. The van der Waals surface area contributed by atoms with E-state index in [-0.39, 0.29) is 12.1 Å². The highest BCUT2D eigenvalue weighted by atomic mass is 16.6. The molecule has 7 nitrogen and oxygen atoms in total. The third-order valence-electron chi connectivity index (χ3n) is 4.48. The highest BCUT2D eigenvalue weighted by Gasteiger charge is 2.27. The van der Waals surface area contributed by atoms with Crippen LogP contribution in [0.25, 0.3) is 0 Å². The minimum absolute atomic E-state index is 0.0742. The van der Waals surface area contributed by atoms with Crippen molar-refractivity contribution < 1.29 is 14.3 Å². The molecule has 1 saturated heterocycles. The lowest BCUT2D eigenvalue weighted by atomic mass is 10.1. The van der Waals surface area contributed by atoms with Crippen LogP contribution in [0.15, 0.2) is 29.3 Å². The molecule has 0 aliphatic carbocycles. The summed E-state index contributed by atoms with van der Waals surface area (Å²) in [6, 6.07) is 8.24. The predicted octanol–water partition coefficient (Wildman–Crippen LogP) is 2.80. The number of hydrogen-bond acceptors (Lipinski definition) is 4. The zero-order valence-electron chi connectivity index (χ0n) is 17.7. The molecule has 1 amide bonds. The summed E-state index contributed by atoms with van der Waals surface area (Å²) in [6.07, 6.45) is 2.49. The van der Waals surface area contributed by atoms with Gasteiger partial charge in [0, 0.05) is 26.7 Å². The molecule has 156 valence electrons. The van der Waals surface area contributed by atoms with Crippen LogP contribution in [0.1, 0.15) is 39.2 Å². The molecule has 1 aromatic carbocycles. The molecule has 0 saturated carbocycles. The van der Waals surface area contributed by atoms with Gasteiger partial charge < -0.3 is 25.0 Å². The first-order chi connectivity index (χ1) is 13.3. The van der Waals surface area contributed by atoms with Gasteiger partial charge in [0.05, 0.1) is 13.2 Å². The summed E-state index contributed by atoms with van der Waals surface area (Å²) in [5, 5.41) is 6.37. The second-order valence-corrected chi connectivity index (χ2v) is 8.01. The van der Waals surface area contributed by atoms with Crippen molar-refractivity contribution in [3.63, 3.8) is 0 Å². The minimum atomic E-state index is -0.483. The van der Waals surface area contributed by atoms with Crippen LogP contribution in [0.2, 0.25) is 0 Å². The first kappa shape index (κ1) is 21.9. The van der Waals surface area contributed by atoms with Crippen LogP contribution in [-0.4, -0.2) is 62.4 Å². The van der Waals surface area contributed by atoms with Gasteiger partial charge in [-0.15, -0.1) is 0 Å². The van der Waals surface area contributed by atoms with Crippen LogP contribution in [0.5, 0.6) is 5.75 Å². The van der Waals surface area contributed by atoms with Gasteiger partial charge in [-0.3, -0.25) is 4.99 Å². The van der Waals surface area contributed by atoms with Crippen molar-refractivity contribution in [2.75, 3.05) is 33.8 Å². The quantitative estimate of drug-likeness (QED) is 0.444. The van der Waals surface area contributed by atoms with E-state index in [0.29, 0.717) is 0 Å². The van der Waals surface area contributed by atoms with Crippen LogP contribution >= 0.6 is 0 Å². The SMILES string of the molecule is CN=C(NCCCc1cccc(OC)c1)N1CCC(NC(=O)OC(C)(C)C)C1. The van der Waals surface area contributed by atoms with Gasteiger partial charge in [-0.2, -0.15) is 0 Å². The first-order valence-corrected chi connectivity index (χ1v) is 9.89. The number of likely N-dealkylation sites (tertiary alicyclic amines) is 1. The Labute approximate surface area is 168 Å². The Bertz CT molecular complexity index is 670. The van der Waals surface area contributed by atoms with Crippen molar-refractivity contribution in [2.24, 2.45) is 4.99 Å². The fourth-order valence-corrected chi connectivity index (χ4v) is 3.20. The van der Waals surface area contributed by atoms with Crippen molar-refractivity contribution >= 4 is 12.1 Å². The van der Waals surface area contributed by atoms with Gasteiger partial charge in [-0.1, -0.05) is 12.1 Å². The maximum absolute atomic E-state index is 11.9. The highest BCUT2D eigenvalue weighted by molar-refractivity contribution is 5.80. The Morgan fingerprint density at radius 3 is 2.82 bits per heavy atom. The number of aliphatic imine (C=N–C) groups is 1. The smallest absolute Gasteiger partial charge is 0.407 e. The Morgan fingerprint density at radius 1 is 1.36 bits per heavy atom. The average Bonchev–Trinajstić information content (AvgIpc) is 3.08. The molecule has 0 bridgehead atoms. The van der Waals surface area contributed by atoms with E-state index in [1.807, 2.05) is 32.9 Å². The van der Waals surface area contributed by atoms with E-state index in [9.17, 15) is 4.79 Å². The number of amides is 1. The Hall–Kier alpha value is -2.44. The van der Waals surface area contributed by atoms with Gasteiger partial charge in [-0.25, -0.2) is 4.79 Å². The van der Waals surface area contributed by atoms with Crippen LogP contribution in [0.4, 0.5) is 4.79 Å². The van der Waals surface area contributed by atoms with Crippen molar-refractivity contribution in [3.8, 4) is 5.75 Å². The maximum atomic E-state index is 11.9. The van der Waals surface area contributed by atoms with Crippen molar-refractivity contribution in [3.05, 3.63) is 29.8 Å². The van der Waals surface area contributed by atoms with E-state index in [1.165, 1.54) is 5.56 Å². The zero-order chi connectivity index (χ0) is 20.6. The summed E-state index contributed by atoms with van der Waals surface area (Å²) in [6.45, 7) is 8.02. The summed E-state index contributed by atoms with van der Waals surface area (Å²) in [5.41, 5.74) is 0.780. The number of aryl methyl sites for hydroxylation is 1. The number of nitrogens with zero attached hydrogens (tertiary/aromatic N) is 2. The molecule has 2 rings (SSSR count). The van der Waals surface area contributed by atoms with Gasteiger partial charge in [-0.05, 0) is 57.7 Å². The number of benzene rings is 1. The van der Waals surface area contributed by atoms with Crippen LogP contribution in [0, 0.1) is 0 Å². The number of nitrogens with one attached hydrogen (secondary N) is 2. The maximum Gasteiger partial charge on any atom is 0.407 e. The lowest BCUT2D eigenvalue weighted by molar-refractivity contribution is 0.0507. The summed E-state index contributed by atoms with van der Waals surface area (Å²) in [4.78, 5) is 18.5. The highest BCUT2D eigenvalue weighted by Crippen LogP contribution is 2.14. The summed E-state index contributed by atoms with van der Waals surface area (Å²) >= 11 is 0. The van der Waals surface area contributed by atoms with Crippen molar-refractivity contribution in [1.29, 1.82) is 0 Å².